The minimum Gasteiger partial charge on any atom is -0.493 e. The molecule has 0 bridgehead atoms. The first-order valence-corrected chi connectivity index (χ1v) is 12.0. The van der Waals surface area contributed by atoms with Crippen LogP contribution >= 0.6 is 39.3 Å². The summed E-state index contributed by atoms with van der Waals surface area (Å²) in [6.07, 6.45) is 1.69. The van der Waals surface area contributed by atoms with E-state index >= 15 is 0 Å². The molecule has 4 rings (SSSR count). The molecule has 1 saturated heterocycles. The number of amides is 2. The molecule has 0 N–H and O–H groups in total. The molecule has 0 radical (unpaired) electrons. The third-order valence-electron chi connectivity index (χ3n) is 4.95. The fourth-order valence-electron chi connectivity index (χ4n) is 3.22. The van der Waals surface area contributed by atoms with E-state index in [1.807, 2.05) is 54.6 Å². The molecule has 1 fully saturated rings. The van der Waals surface area contributed by atoms with Crippen LogP contribution in [-0.4, -0.2) is 23.2 Å². The summed E-state index contributed by atoms with van der Waals surface area (Å²) in [7, 11) is 1.55. The Kier molecular flexibility index (Phi) is 7.42. The second kappa shape index (κ2) is 10.5. The SMILES string of the molecule is COc1cc(/C=C2\SC(=O)N(Cc3ccc(Br)cc3)C2=O)ccc1OCc1ccccc1Cl. The number of rotatable bonds is 7. The van der Waals surface area contributed by atoms with E-state index < -0.39 is 0 Å². The summed E-state index contributed by atoms with van der Waals surface area (Å²) in [6, 6.07) is 20.3. The summed E-state index contributed by atoms with van der Waals surface area (Å²) in [5, 5.41) is 0.341. The molecule has 3 aromatic rings. The first-order chi connectivity index (χ1) is 15.9. The van der Waals surface area contributed by atoms with Gasteiger partial charge in [0.15, 0.2) is 11.5 Å². The van der Waals surface area contributed by atoms with E-state index in [2.05, 4.69) is 15.9 Å². The van der Waals surface area contributed by atoms with Crippen molar-refractivity contribution in [2.24, 2.45) is 0 Å². The third-order valence-corrected chi connectivity index (χ3v) is 6.76. The summed E-state index contributed by atoms with van der Waals surface area (Å²) >= 11 is 10.5. The minimum absolute atomic E-state index is 0.230. The number of halogens is 2. The number of imide groups is 1. The number of carbonyl (C=O) groups is 2. The lowest BCUT2D eigenvalue weighted by atomic mass is 10.1. The molecular weight excluding hydrogens is 526 g/mol. The fourth-order valence-corrected chi connectivity index (χ4v) is 4.52. The lowest BCUT2D eigenvalue weighted by molar-refractivity contribution is -0.123. The molecule has 0 unspecified atom stereocenters. The highest BCUT2D eigenvalue weighted by Gasteiger charge is 2.35. The van der Waals surface area contributed by atoms with E-state index in [9.17, 15) is 9.59 Å². The lowest BCUT2D eigenvalue weighted by Crippen LogP contribution is -2.27. The number of hydrogen-bond donors (Lipinski definition) is 0. The highest BCUT2D eigenvalue weighted by Crippen LogP contribution is 2.35. The molecule has 1 heterocycles. The number of benzene rings is 3. The number of ether oxygens (including phenoxy) is 2. The van der Waals surface area contributed by atoms with Crippen LogP contribution in [-0.2, 0) is 17.9 Å². The van der Waals surface area contributed by atoms with Crippen LogP contribution < -0.4 is 9.47 Å². The third kappa shape index (κ3) is 5.61. The topological polar surface area (TPSA) is 55.8 Å². The van der Waals surface area contributed by atoms with Crippen molar-refractivity contribution in [3.8, 4) is 11.5 Å². The quantitative estimate of drug-likeness (QED) is 0.302. The van der Waals surface area contributed by atoms with Crippen LogP contribution in [0.15, 0.2) is 76.1 Å². The standard InChI is InChI=1S/C25H19BrClNO4S/c1-31-22-12-17(8-11-21(22)32-15-18-4-2-3-5-20(18)27)13-23-24(29)28(25(30)33-23)14-16-6-9-19(26)10-7-16/h2-13H,14-15H2,1H3/b23-13-. The molecule has 1 aliphatic heterocycles. The molecule has 0 spiro atoms. The number of methoxy groups -OCH3 is 1. The van der Waals surface area contributed by atoms with Gasteiger partial charge in [0.25, 0.3) is 11.1 Å². The number of nitrogens with zero attached hydrogens (tertiary/aromatic N) is 1. The first-order valence-electron chi connectivity index (χ1n) is 9.98. The van der Waals surface area contributed by atoms with Gasteiger partial charge in [0, 0.05) is 15.1 Å². The van der Waals surface area contributed by atoms with Crippen LogP contribution in [0.2, 0.25) is 5.02 Å². The van der Waals surface area contributed by atoms with Gasteiger partial charge in [-0.05, 0) is 59.3 Å². The van der Waals surface area contributed by atoms with E-state index in [1.165, 1.54) is 4.90 Å². The maximum Gasteiger partial charge on any atom is 0.293 e. The van der Waals surface area contributed by atoms with E-state index in [1.54, 1.807) is 25.3 Å². The molecule has 1 aliphatic rings. The molecule has 168 valence electrons. The predicted octanol–water partition coefficient (Wildman–Crippen LogP) is 6.93. The number of hydrogen-bond acceptors (Lipinski definition) is 5. The minimum atomic E-state index is -0.314. The first kappa shape index (κ1) is 23.4. The van der Waals surface area contributed by atoms with E-state index in [0.29, 0.717) is 28.0 Å². The van der Waals surface area contributed by atoms with Crippen molar-refractivity contribution in [1.29, 1.82) is 0 Å². The maximum atomic E-state index is 12.8. The Morgan fingerprint density at radius 2 is 1.79 bits per heavy atom. The average Bonchev–Trinajstić information content (AvgIpc) is 3.07. The van der Waals surface area contributed by atoms with Gasteiger partial charge in [0.05, 0.1) is 18.6 Å². The van der Waals surface area contributed by atoms with Crippen LogP contribution in [0.4, 0.5) is 4.79 Å². The molecule has 0 saturated carbocycles. The highest BCUT2D eigenvalue weighted by molar-refractivity contribution is 9.10. The zero-order valence-corrected chi connectivity index (χ0v) is 20.7. The highest BCUT2D eigenvalue weighted by atomic mass is 79.9. The summed E-state index contributed by atoms with van der Waals surface area (Å²) in [5.41, 5.74) is 2.47. The zero-order valence-electron chi connectivity index (χ0n) is 17.6. The lowest BCUT2D eigenvalue weighted by Gasteiger charge is -2.13. The molecule has 33 heavy (non-hydrogen) atoms. The fraction of sp³-hybridized carbons (Fsp3) is 0.120. The molecule has 0 aromatic heterocycles. The Balaban J connectivity index is 1.49. The van der Waals surface area contributed by atoms with Gasteiger partial charge >= 0.3 is 0 Å². The Morgan fingerprint density at radius 1 is 1.03 bits per heavy atom. The van der Waals surface area contributed by atoms with Crippen LogP contribution in [0.5, 0.6) is 11.5 Å². The van der Waals surface area contributed by atoms with Crippen LogP contribution in [0.3, 0.4) is 0 Å². The monoisotopic (exact) mass is 543 g/mol. The molecule has 5 nitrogen and oxygen atoms in total. The van der Waals surface area contributed by atoms with Crippen LogP contribution in [0.25, 0.3) is 6.08 Å². The average molecular weight is 545 g/mol. The number of carbonyl (C=O) groups excluding carboxylic acids is 2. The summed E-state index contributed by atoms with van der Waals surface area (Å²) < 4.78 is 12.3. The Hall–Kier alpha value is -2.74. The molecular formula is C25H19BrClNO4S. The van der Waals surface area contributed by atoms with Gasteiger partial charge in [0.1, 0.15) is 6.61 Å². The normalized spacial score (nSPS) is 14.8. The smallest absolute Gasteiger partial charge is 0.293 e. The van der Waals surface area contributed by atoms with Gasteiger partial charge in [-0.25, -0.2) is 0 Å². The van der Waals surface area contributed by atoms with Gasteiger partial charge in [-0.15, -0.1) is 0 Å². The van der Waals surface area contributed by atoms with Gasteiger partial charge in [-0.2, -0.15) is 0 Å². The summed E-state index contributed by atoms with van der Waals surface area (Å²) in [4.78, 5) is 26.9. The van der Waals surface area contributed by atoms with Crippen molar-refractivity contribution in [3.63, 3.8) is 0 Å². The zero-order chi connectivity index (χ0) is 23.4. The van der Waals surface area contributed by atoms with E-state index in [4.69, 9.17) is 21.1 Å². The van der Waals surface area contributed by atoms with Crippen molar-refractivity contribution < 1.29 is 19.1 Å². The molecule has 0 atom stereocenters. The van der Waals surface area contributed by atoms with E-state index in [0.717, 1.165) is 32.9 Å². The van der Waals surface area contributed by atoms with E-state index in [-0.39, 0.29) is 17.7 Å². The van der Waals surface area contributed by atoms with Gasteiger partial charge in [0.2, 0.25) is 0 Å². The number of thioether (sulfide) groups is 1. The van der Waals surface area contributed by atoms with Gasteiger partial charge < -0.3 is 9.47 Å². The Labute approximate surface area is 209 Å². The van der Waals surface area contributed by atoms with Crippen LogP contribution in [0, 0.1) is 0 Å². The van der Waals surface area contributed by atoms with Crippen molar-refractivity contribution in [2.45, 2.75) is 13.2 Å². The van der Waals surface area contributed by atoms with Crippen molar-refractivity contribution in [1.82, 2.24) is 4.90 Å². The second-order valence-electron chi connectivity index (χ2n) is 7.18. The van der Waals surface area contributed by atoms with Crippen LogP contribution in [0.1, 0.15) is 16.7 Å². The Morgan fingerprint density at radius 3 is 2.52 bits per heavy atom. The maximum absolute atomic E-state index is 12.8. The molecule has 8 heteroatoms. The van der Waals surface area contributed by atoms with Crippen molar-refractivity contribution >= 4 is 56.5 Å². The largest absolute Gasteiger partial charge is 0.493 e. The van der Waals surface area contributed by atoms with Crippen molar-refractivity contribution in [2.75, 3.05) is 7.11 Å². The van der Waals surface area contributed by atoms with Gasteiger partial charge in [-0.1, -0.05) is 63.9 Å². The molecule has 2 amide bonds. The summed E-state index contributed by atoms with van der Waals surface area (Å²) in [5.74, 6) is 0.758. The van der Waals surface area contributed by atoms with Crippen molar-refractivity contribution in [3.05, 3.63) is 97.8 Å². The molecule has 0 aliphatic carbocycles. The predicted molar refractivity (Wildman–Crippen MR) is 134 cm³/mol. The van der Waals surface area contributed by atoms with Gasteiger partial charge in [-0.3, -0.25) is 14.5 Å². The Bertz CT molecular complexity index is 1230. The molecule has 3 aromatic carbocycles. The second-order valence-corrected chi connectivity index (χ2v) is 9.50. The summed E-state index contributed by atoms with van der Waals surface area (Å²) in [6.45, 7) is 0.526.